The van der Waals surface area contributed by atoms with Crippen molar-refractivity contribution >= 4 is 5.91 Å². The number of aryl methyl sites for hydroxylation is 1. The Hall–Kier alpha value is -1.25. The minimum atomic E-state index is -0.294. The molecule has 1 aromatic rings. The highest BCUT2D eigenvalue weighted by Gasteiger charge is 2.34. The van der Waals surface area contributed by atoms with E-state index in [4.69, 9.17) is 0 Å². The Morgan fingerprint density at radius 1 is 1.29 bits per heavy atom. The molecule has 0 bridgehead atoms. The second kappa shape index (κ2) is 3.90. The van der Waals surface area contributed by atoms with E-state index in [0.717, 1.165) is 13.1 Å². The van der Waals surface area contributed by atoms with Crippen LogP contribution in [0.4, 0.5) is 0 Å². The topological polar surface area (TPSA) is 25.2 Å². The van der Waals surface area contributed by atoms with E-state index in [1.807, 2.05) is 25.7 Å². The normalized spacial score (nSPS) is 20.3. The third kappa shape index (κ3) is 1.99. The molecule has 0 saturated carbocycles. The van der Waals surface area contributed by atoms with E-state index in [-0.39, 0.29) is 17.4 Å². The van der Waals surface area contributed by atoms with Crippen LogP contribution in [0.25, 0.3) is 0 Å². The Bertz CT molecular complexity index is 440. The van der Waals surface area contributed by atoms with Gasteiger partial charge in [0.25, 0.3) is 0 Å². The van der Waals surface area contributed by atoms with E-state index in [1.165, 1.54) is 11.4 Å². The lowest BCUT2D eigenvalue weighted by Crippen LogP contribution is -2.45. The van der Waals surface area contributed by atoms with E-state index < -0.39 is 0 Å². The van der Waals surface area contributed by atoms with Gasteiger partial charge in [-0.05, 0) is 26.0 Å². The first-order chi connectivity index (χ1) is 7.82. The molecule has 1 aliphatic rings. The minimum absolute atomic E-state index is 0.184. The molecule has 1 atom stereocenters. The molecule has 2 heterocycles. The maximum Gasteiger partial charge on any atom is 0.228 e. The van der Waals surface area contributed by atoms with Gasteiger partial charge in [0.1, 0.15) is 0 Å². The first-order valence-electron chi connectivity index (χ1n) is 6.29. The monoisotopic (exact) mass is 234 g/mol. The second-order valence-electron chi connectivity index (χ2n) is 5.98. The van der Waals surface area contributed by atoms with Crippen LogP contribution in [0.2, 0.25) is 0 Å². The molecule has 3 nitrogen and oxygen atoms in total. The zero-order valence-electron chi connectivity index (χ0n) is 11.4. The van der Waals surface area contributed by atoms with Gasteiger partial charge >= 0.3 is 0 Å². The summed E-state index contributed by atoms with van der Waals surface area (Å²) < 4.78 is 2.32. The van der Waals surface area contributed by atoms with Crippen molar-refractivity contribution in [3.63, 3.8) is 0 Å². The molecular formula is C14H22N2O. The van der Waals surface area contributed by atoms with E-state index in [1.54, 1.807) is 0 Å². The minimum Gasteiger partial charge on any atom is -0.345 e. The molecule has 1 aliphatic heterocycles. The van der Waals surface area contributed by atoms with Gasteiger partial charge in [-0.15, -0.1) is 0 Å². The van der Waals surface area contributed by atoms with Crippen molar-refractivity contribution < 1.29 is 4.79 Å². The van der Waals surface area contributed by atoms with Crippen LogP contribution in [0.1, 0.15) is 45.1 Å². The molecule has 94 valence electrons. The van der Waals surface area contributed by atoms with Gasteiger partial charge in [-0.2, -0.15) is 0 Å². The van der Waals surface area contributed by atoms with Gasteiger partial charge in [0, 0.05) is 29.9 Å². The summed E-state index contributed by atoms with van der Waals surface area (Å²) in [7, 11) is 0. The number of hydrogen-bond acceptors (Lipinski definition) is 1. The van der Waals surface area contributed by atoms with Crippen LogP contribution in [0.3, 0.4) is 0 Å². The molecule has 0 unspecified atom stereocenters. The first kappa shape index (κ1) is 12.2. The third-order valence-electron chi connectivity index (χ3n) is 3.60. The Labute approximate surface area is 103 Å². The van der Waals surface area contributed by atoms with Crippen LogP contribution in [0.15, 0.2) is 12.1 Å². The number of carbonyl (C=O) groups is 1. The predicted molar refractivity (Wildman–Crippen MR) is 68.8 cm³/mol. The fourth-order valence-electron chi connectivity index (χ4n) is 2.53. The molecule has 0 radical (unpaired) electrons. The summed E-state index contributed by atoms with van der Waals surface area (Å²) in [5.41, 5.74) is 2.25. The summed E-state index contributed by atoms with van der Waals surface area (Å²) in [6, 6.07) is 4.46. The average Bonchev–Trinajstić information content (AvgIpc) is 2.60. The fourth-order valence-corrected chi connectivity index (χ4v) is 2.53. The zero-order valence-corrected chi connectivity index (χ0v) is 11.4. The standard InChI is InChI=1S/C14H22N2O/c1-10-6-7-12-11(2)16(9-8-15(10)12)13(17)14(3,4)5/h6-7,11H,8-9H2,1-5H3/t11-/m1/s1. The Balaban J connectivity index is 2.29. The van der Waals surface area contributed by atoms with E-state index in [9.17, 15) is 4.79 Å². The van der Waals surface area contributed by atoms with Gasteiger partial charge in [0.05, 0.1) is 6.04 Å². The Kier molecular flexibility index (Phi) is 2.80. The molecule has 1 amide bonds. The zero-order chi connectivity index (χ0) is 12.8. The van der Waals surface area contributed by atoms with E-state index in [0.29, 0.717) is 0 Å². The largest absolute Gasteiger partial charge is 0.345 e. The van der Waals surface area contributed by atoms with Gasteiger partial charge in [-0.25, -0.2) is 0 Å². The van der Waals surface area contributed by atoms with E-state index >= 15 is 0 Å². The molecule has 2 rings (SSSR count). The number of fused-ring (bicyclic) bond motifs is 1. The number of rotatable bonds is 0. The maximum atomic E-state index is 12.4. The molecule has 17 heavy (non-hydrogen) atoms. The van der Waals surface area contributed by atoms with Crippen molar-refractivity contribution in [3.05, 3.63) is 23.5 Å². The maximum absolute atomic E-state index is 12.4. The highest BCUT2D eigenvalue weighted by molar-refractivity contribution is 5.82. The highest BCUT2D eigenvalue weighted by Crippen LogP contribution is 2.30. The van der Waals surface area contributed by atoms with Gasteiger partial charge < -0.3 is 9.47 Å². The third-order valence-corrected chi connectivity index (χ3v) is 3.60. The predicted octanol–water partition coefficient (Wildman–Crippen LogP) is 2.75. The molecule has 0 aromatic carbocycles. The van der Waals surface area contributed by atoms with Crippen LogP contribution in [0, 0.1) is 12.3 Å². The summed E-state index contributed by atoms with van der Waals surface area (Å²) in [6.45, 7) is 11.9. The average molecular weight is 234 g/mol. The number of amides is 1. The second-order valence-corrected chi connectivity index (χ2v) is 5.98. The van der Waals surface area contributed by atoms with Crippen LogP contribution in [0.5, 0.6) is 0 Å². The molecule has 0 fully saturated rings. The van der Waals surface area contributed by atoms with Crippen LogP contribution >= 0.6 is 0 Å². The lowest BCUT2D eigenvalue weighted by Gasteiger charge is -2.38. The van der Waals surface area contributed by atoms with Crippen LogP contribution < -0.4 is 0 Å². The van der Waals surface area contributed by atoms with E-state index in [2.05, 4.69) is 30.5 Å². The lowest BCUT2D eigenvalue weighted by molar-refractivity contribution is -0.142. The summed E-state index contributed by atoms with van der Waals surface area (Å²) in [5, 5.41) is 0. The van der Waals surface area contributed by atoms with Gasteiger partial charge in [0.15, 0.2) is 0 Å². The van der Waals surface area contributed by atoms with Crippen molar-refractivity contribution in [3.8, 4) is 0 Å². The van der Waals surface area contributed by atoms with Gasteiger partial charge in [-0.3, -0.25) is 4.79 Å². The summed E-state index contributed by atoms with van der Waals surface area (Å²) in [4.78, 5) is 14.4. The lowest BCUT2D eigenvalue weighted by atomic mass is 9.93. The van der Waals surface area contributed by atoms with Crippen molar-refractivity contribution in [2.24, 2.45) is 5.41 Å². The number of nitrogens with zero attached hydrogens (tertiary/aromatic N) is 2. The molecular weight excluding hydrogens is 212 g/mol. The number of carbonyl (C=O) groups excluding carboxylic acids is 1. The van der Waals surface area contributed by atoms with Crippen LogP contribution in [-0.2, 0) is 11.3 Å². The number of aromatic nitrogens is 1. The molecule has 0 aliphatic carbocycles. The molecule has 1 aromatic heterocycles. The highest BCUT2D eigenvalue weighted by atomic mass is 16.2. The summed E-state index contributed by atoms with van der Waals surface area (Å²) in [5.74, 6) is 0.245. The first-order valence-corrected chi connectivity index (χ1v) is 6.29. The fraction of sp³-hybridized carbons (Fsp3) is 0.643. The van der Waals surface area contributed by atoms with Gasteiger partial charge in [-0.1, -0.05) is 20.8 Å². The Morgan fingerprint density at radius 2 is 1.94 bits per heavy atom. The molecule has 3 heteroatoms. The molecule has 0 spiro atoms. The summed E-state index contributed by atoms with van der Waals surface area (Å²) in [6.07, 6.45) is 0. The molecule has 0 N–H and O–H groups in total. The Morgan fingerprint density at radius 3 is 2.53 bits per heavy atom. The van der Waals surface area contributed by atoms with Gasteiger partial charge in [0.2, 0.25) is 5.91 Å². The number of hydrogen-bond donors (Lipinski definition) is 0. The smallest absolute Gasteiger partial charge is 0.228 e. The van der Waals surface area contributed by atoms with Crippen molar-refractivity contribution in [1.29, 1.82) is 0 Å². The summed E-state index contributed by atoms with van der Waals surface area (Å²) >= 11 is 0. The van der Waals surface area contributed by atoms with Crippen molar-refractivity contribution in [2.75, 3.05) is 6.54 Å². The van der Waals surface area contributed by atoms with Crippen molar-refractivity contribution in [1.82, 2.24) is 9.47 Å². The molecule has 0 saturated heterocycles. The van der Waals surface area contributed by atoms with Crippen molar-refractivity contribution in [2.45, 2.75) is 47.2 Å². The quantitative estimate of drug-likeness (QED) is 0.677. The van der Waals surface area contributed by atoms with Crippen LogP contribution in [-0.4, -0.2) is 21.9 Å². The SMILES string of the molecule is Cc1ccc2n1CCN(C(=O)C(C)(C)C)[C@@H]2C.